The second-order valence-electron chi connectivity index (χ2n) is 5.11. The molecule has 6 heteroatoms. The van der Waals surface area contributed by atoms with Crippen LogP contribution in [0.3, 0.4) is 0 Å². The Morgan fingerprint density at radius 3 is 3.05 bits per heavy atom. The molecule has 0 aliphatic carbocycles. The smallest absolute Gasteiger partial charge is 0.188 e. The molecule has 0 aromatic carbocycles. The summed E-state index contributed by atoms with van der Waals surface area (Å²) in [4.78, 5) is 11.3. The van der Waals surface area contributed by atoms with E-state index in [2.05, 4.69) is 32.5 Å². The number of unbranched alkanes of at least 4 members (excludes halogenated alkanes) is 1. The van der Waals surface area contributed by atoms with Crippen molar-refractivity contribution in [2.24, 2.45) is 10.7 Å². The van der Waals surface area contributed by atoms with Gasteiger partial charge in [0.2, 0.25) is 0 Å². The van der Waals surface area contributed by atoms with E-state index in [9.17, 15) is 0 Å². The number of rotatable bonds is 7. The Kier molecular flexibility index (Phi) is 6.11. The van der Waals surface area contributed by atoms with E-state index in [0.717, 1.165) is 51.1 Å². The van der Waals surface area contributed by atoms with Crippen LogP contribution in [0.4, 0.5) is 5.13 Å². The Bertz CT molecular complexity index is 423. The van der Waals surface area contributed by atoms with Gasteiger partial charge in [0.15, 0.2) is 11.1 Å². The monoisotopic (exact) mass is 295 g/mol. The predicted molar refractivity (Wildman–Crippen MR) is 86.7 cm³/mol. The van der Waals surface area contributed by atoms with E-state index in [0.29, 0.717) is 5.96 Å². The molecule has 0 atom stereocenters. The lowest BCUT2D eigenvalue weighted by Gasteiger charge is -2.12. The van der Waals surface area contributed by atoms with Crippen molar-refractivity contribution in [1.82, 2.24) is 10.3 Å². The normalized spacial score (nSPS) is 15.8. The van der Waals surface area contributed by atoms with Gasteiger partial charge >= 0.3 is 0 Å². The van der Waals surface area contributed by atoms with Gasteiger partial charge in [0.1, 0.15) is 0 Å². The Labute approximate surface area is 125 Å². The summed E-state index contributed by atoms with van der Waals surface area (Å²) in [6.07, 6.45) is 5.72. The number of hydrogen-bond acceptors (Lipinski definition) is 4. The maximum Gasteiger partial charge on any atom is 0.188 e. The molecule has 1 fully saturated rings. The van der Waals surface area contributed by atoms with Gasteiger partial charge in [0, 0.05) is 38.0 Å². The van der Waals surface area contributed by atoms with E-state index in [1.54, 1.807) is 11.3 Å². The van der Waals surface area contributed by atoms with E-state index in [-0.39, 0.29) is 0 Å². The van der Waals surface area contributed by atoms with E-state index >= 15 is 0 Å². The third-order valence-corrected chi connectivity index (χ3v) is 4.35. The van der Waals surface area contributed by atoms with Crippen LogP contribution in [0.15, 0.2) is 10.4 Å². The first-order chi connectivity index (χ1) is 9.79. The van der Waals surface area contributed by atoms with Crippen molar-refractivity contribution in [3.63, 3.8) is 0 Å². The molecule has 0 bridgehead atoms. The molecule has 20 heavy (non-hydrogen) atoms. The molecule has 0 spiro atoms. The van der Waals surface area contributed by atoms with Crippen LogP contribution in [0.25, 0.3) is 0 Å². The summed E-state index contributed by atoms with van der Waals surface area (Å²) in [6.45, 7) is 6.07. The molecule has 1 aliphatic rings. The Hall–Kier alpha value is -1.30. The van der Waals surface area contributed by atoms with E-state index in [1.807, 2.05) is 0 Å². The van der Waals surface area contributed by atoms with Gasteiger partial charge in [-0.1, -0.05) is 13.3 Å². The van der Waals surface area contributed by atoms with Crippen molar-refractivity contribution in [3.8, 4) is 0 Å². The number of anilines is 1. The second kappa shape index (κ2) is 8.09. The molecule has 5 nitrogen and oxygen atoms in total. The van der Waals surface area contributed by atoms with Crippen LogP contribution in [-0.4, -0.2) is 37.1 Å². The number of nitrogens with one attached hydrogen (secondary N) is 1. The third kappa shape index (κ3) is 4.67. The Morgan fingerprint density at radius 2 is 2.30 bits per heavy atom. The van der Waals surface area contributed by atoms with Crippen LogP contribution in [0.2, 0.25) is 0 Å². The van der Waals surface area contributed by atoms with E-state index in [1.165, 1.54) is 18.0 Å². The van der Waals surface area contributed by atoms with Crippen molar-refractivity contribution in [2.75, 3.05) is 31.1 Å². The van der Waals surface area contributed by atoms with Crippen molar-refractivity contribution >= 4 is 22.4 Å². The summed E-state index contributed by atoms with van der Waals surface area (Å²) in [5, 5.41) is 6.47. The van der Waals surface area contributed by atoms with Crippen LogP contribution < -0.4 is 16.0 Å². The average molecular weight is 295 g/mol. The molecule has 1 aromatic heterocycles. The summed E-state index contributed by atoms with van der Waals surface area (Å²) in [6, 6.07) is 0. The first-order valence-corrected chi connectivity index (χ1v) is 8.40. The number of thiazole rings is 1. The number of hydrogen-bond donors (Lipinski definition) is 2. The lowest BCUT2D eigenvalue weighted by molar-refractivity contribution is 0.787. The molecule has 3 N–H and O–H groups in total. The van der Waals surface area contributed by atoms with Gasteiger partial charge in [-0.05, 0) is 19.3 Å². The molecule has 0 unspecified atom stereocenters. The minimum Gasteiger partial charge on any atom is -0.370 e. The SMILES string of the molecule is CCCCN=C(N)NCCc1csc(N2CCCC2)n1. The first kappa shape index (κ1) is 15.1. The number of aliphatic imine (C=N–C) groups is 1. The number of aromatic nitrogens is 1. The molecule has 0 amide bonds. The molecule has 1 aliphatic heterocycles. The van der Waals surface area contributed by atoms with Gasteiger partial charge in [-0.3, -0.25) is 4.99 Å². The molecule has 1 saturated heterocycles. The molecular formula is C14H25N5S. The van der Waals surface area contributed by atoms with Crippen molar-refractivity contribution in [2.45, 2.75) is 39.0 Å². The molecule has 2 heterocycles. The van der Waals surface area contributed by atoms with Crippen molar-refractivity contribution < 1.29 is 0 Å². The average Bonchev–Trinajstić information content (AvgIpc) is 3.09. The van der Waals surface area contributed by atoms with Crippen molar-refractivity contribution in [1.29, 1.82) is 0 Å². The highest BCUT2D eigenvalue weighted by Gasteiger charge is 2.15. The standard InChI is InChI=1S/C14H25N5S/c1-2-3-7-16-13(15)17-8-6-12-11-20-14(18-12)19-9-4-5-10-19/h11H,2-10H2,1H3,(H3,15,16,17). The fourth-order valence-corrected chi connectivity index (χ4v) is 3.11. The van der Waals surface area contributed by atoms with Crippen LogP contribution >= 0.6 is 11.3 Å². The van der Waals surface area contributed by atoms with Gasteiger partial charge in [0.05, 0.1) is 5.69 Å². The topological polar surface area (TPSA) is 66.5 Å². The lowest BCUT2D eigenvalue weighted by atomic mass is 10.3. The summed E-state index contributed by atoms with van der Waals surface area (Å²) in [5.74, 6) is 0.549. The third-order valence-electron chi connectivity index (χ3n) is 3.40. The van der Waals surface area contributed by atoms with Gasteiger partial charge in [-0.15, -0.1) is 11.3 Å². The highest BCUT2D eigenvalue weighted by molar-refractivity contribution is 7.13. The summed E-state index contributed by atoms with van der Waals surface area (Å²) >= 11 is 1.75. The molecule has 112 valence electrons. The first-order valence-electron chi connectivity index (χ1n) is 7.52. The highest BCUT2D eigenvalue weighted by Crippen LogP contribution is 2.24. The van der Waals surface area contributed by atoms with Gasteiger partial charge in [-0.2, -0.15) is 0 Å². The number of guanidine groups is 1. The van der Waals surface area contributed by atoms with Gasteiger partial charge in [0.25, 0.3) is 0 Å². The molecule has 1 aromatic rings. The quantitative estimate of drug-likeness (QED) is 0.459. The number of nitrogens with zero attached hydrogens (tertiary/aromatic N) is 3. The Morgan fingerprint density at radius 1 is 1.50 bits per heavy atom. The maximum atomic E-state index is 5.80. The zero-order chi connectivity index (χ0) is 14.2. The van der Waals surface area contributed by atoms with E-state index in [4.69, 9.17) is 5.73 Å². The molecule has 0 radical (unpaired) electrons. The zero-order valence-electron chi connectivity index (χ0n) is 12.3. The van der Waals surface area contributed by atoms with E-state index < -0.39 is 0 Å². The largest absolute Gasteiger partial charge is 0.370 e. The van der Waals surface area contributed by atoms with Gasteiger partial charge in [-0.25, -0.2) is 4.98 Å². The predicted octanol–water partition coefficient (Wildman–Crippen LogP) is 1.99. The van der Waals surface area contributed by atoms with Crippen LogP contribution in [0, 0.1) is 0 Å². The zero-order valence-corrected chi connectivity index (χ0v) is 13.1. The fraction of sp³-hybridized carbons (Fsp3) is 0.714. The lowest BCUT2D eigenvalue weighted by Crippen LogP contribution is -2.33. The molecule has 2 rings (SSSR count). The number of nitrogens with two attached hydrogens (primary N) is 1. The van der Waals surface area contributed by atoms with Crippen molar-refractivity contribution in [3.05, 3.63) is 11.1 Å². The summed E-state index contributed by atoms with van der Waals surface area (Å²) < 4.78 is 0. The molecule has 0 saturated carbocycles. The van der Waals surface area contributed by atoms with Crippen LogP contribution in [-0.2, 0) is 6.42 Å². The van der Waals surface area contributed by atoms with Crippen LogP contribution in [0.1, 0.15) is 38.3 Å². The highest BCUT2D eigenvalue weighted by atomic mass is 32.1. The molecular weight excluding hydrogens is 270 g/mol. The maximum absolute atomic E-state index is 5.80. The van der Waals surface area contributed by atoms with Gasteiger partial charge < -0.3 is 16.0 Å². The second-order valence-corrected chi connectivity index (χ2v) is 5.95. The Balaban J connectivity index is 1.70. The minimum absolute atomic E-state index is 0.549. The summed E-state index contributed by atoms with van der Waals surface area (Å²) in [7, 11) is 0. The van der Waals surface area contributed by atoms with Crippen LogP contribution in [0.5, 0.6) is 0 Å². The minimum atomic E-state index is 0.549. The summed E-state index contributed by atoms with van der Waals surface area (Å²) in [5.41, 5.74) is 6.94. The fourth-order valence-electron chi connectivity index (χ4n) is 2.20.